The first kappa shape index (κ1) is 18.6. The second-order valence-electron chi connectivity index (χ2n) is 6.89. The molecule has 0 aromatic heterocycles. The summed E-state index contributed by atoms with van der Waals surface area (Å²) >= 11 is 4.97. The smallest absolute Gasteiger partial charge is 0.321 e. The molecule has 3 aliphatic rings. The number of rotatable bonds is 2. The van der Waals surface area contributed by atoms with Gasteiger partial charge in [-0.25, -0.2) is 4.79 Å². The monoisotopic (exact) mass is 452 g/mol. The van der Waals surface area contributed by atoms with E-state index in [0.29, 0.717) is 45.6 Å². The van der Waals surface area contributed by atoms with Crippen LogP contribution in [0.4, 0.5) is 10.5 Å². The van der Waals surface area contributed by atoms with Crippen LogP contribution < -0.4 is 5.32 Å². The molecule has 3 heterocycles. The Bertz CT molecular complexity index is 766. The number of anilines is 1. The largest absolute Gasteiger partial charge is 0.336 e. The lowest BCUT2D eigenvalue weighted by atomic mass is 10.1. The number of benzene rings is 1. The molecule has 0 radical (unpaired) electrons. The lowest BCUT2D eigenvalue weighted by Gasteiger charge is -2.40. The molecule has 3 saturated heterocycles. The summed E-state index contributed by atoms with van der Waals surface area (Å²) in [6.07, 6.45) is 1.05. The van der Waals surface area contributed by atoms with Crippen molar-refractivity contribution in [2.24, 2.45) is 0 Å². The maximum atomic E-state index is 13.1. The van der Waals surface area contributed by atoms with Crippen LogP contribution in [-0.2, 0) is 9.59 Å². The van der Waals surface area contributed by atoms with Crippen LogP contribution in [0.3, 0.4) is 0 Å². The van der Waals surface area contributed by atoms with Crippen LogP contribution in [0.2, 0.25) is 0 Å². The third-order valence-electron chi connectivity index (χ3n) is 5.35. The number of hydrogen-bond acceptors (Lipinski definition) is 4. The standard InChI is InChI=1S/C18H21BrN4O3S/c19-13-1-3-14(4-2-13)20-17(26)22-9-7-21(8-10-22)16(25)18-6-5-15(24)23(18)11-12-27-18/h1-4H,5-12H2,(H,20,26). The van der Waals surface area contributed by atoms with Crippen molar-refractivity contribution in [2.75, 3.05) is 43.8 Å². The quantitative estimate of drug-likeness (QED) is 0.746. The van der Waals surface area contributed by atoms with Crippen molar-refractivity contribution in [3.63, 3.8) is 0 Å². The van der Waals surface area contributed by atoms with Gasteiger partial charge in [0.25, 0.3) is 5.91 Å². The van der Waals surface area contributed by atoms with Crippen molar-refractivity contribution < 1.29 is 14.4 Å². The summed E-state index contributed by atoms with van der Waals surface area (Å²) < 4.78 is 0.955. The number of hydrogen-bond donors (Lipinski definition) is 1. The van der Waals surface area contributed by atoms with Crippen molar-refractivity contribution in [1.29, 1.82) is 0 Å². The summed E-state index contributed by atoms with van der Waals surface area (Å²) in [4.78, 5) is 42.2. The number of nitrogens with one attached hydrogen (secondary N) is 1. The lowest BCUT2D eigenvalue weighted by Crippen LogP contribution is -2.58. The zero-order chi connectivity index (χ0) is 19.0. The molecule has 7 nitrogen and oxygen atoms in total. The minimum atomic E-state index is -0.695. The number of carbonyl (C=O) groups excluding carboxylic acids is 3. The third kappa shape index (κ3) is 3.42. The van der Waals surface area contributed by atoms with Crippen LogP contribution >= 0.6 is 27.7 Å². The van der Waals surface area contributed by atoms with Gasteiger partial charge in [0, 0.05) is 55.1 Å². The minimum absolute atomic E-state index is 0.0313. The van der Waals surface area contributed by atoms with Gasteiger partial charge in [-0.2, -0.15) is 0 Å². The van der Waals surface area contributed by atoms with E-state index in [1.54, 1.807) is 21.6 Å². The van der Waals surface area contributed by atoms with Crippen molar-refractivity contribution in [2.45, 2.75) is 17.7 Å². The predicted octanol–water partition coefficient (Wildman–Crippen LogP) is 2.19. The first-order valence-corrected chi connectivity index (χ1v) is 10.8. The molecule has 0 saturated carbocycles. The van der Waals surface area contributed by atoms with Gasteiger partial charge in [-0.15, -0.1) is 11.8 Å². The number of nitrogens with zero attached hydrogens (tertiary/aromatic N) is 3. The number of urea groups is 1. The number of piperazine rings is 1. The molecule has 1 atom stereocenters. The minimum Gasteiger partial charge on any atom is -0.336 e. The fourth-order valence-electron chi connectivity index (χ4n) is 3.89. The predicted molar refractivity (Wildman–Crippen MR) is 107 cm³/mol. The molecule has 1 unspecified atom stereocenters. The van der Waals surface area contributed by atoms with Gasteiger partial charge in [0.2, 0.25) is 5.91 Å². The zero-order valence-electron chi connectivity index (χ0n) is 14.8. The molecule has 9 heteroatoms. The Morgan fingerprint density at radius 2 is 1.70 bits per heavy atom. The Labute approximate surface area is 170 Å². The van der Waals surface area contributed by atoms with Gasteiger partial charge in [-0.05, 0) is 30.7 Å². The van der Waals surface area contributed by atoms with Gasteiger partial charge in [0.1, 0.15) is 0 Å². The Hall–Kier alpha value is -1.74. The van der Waals surface area contributed by atoms with Crippen LogP contribution in [0, 0.1) is 0 Å². The topological polar surface area (TPSA) is 73.0 Å². The maximum Gasteiger partial charge on any atom is 0.321 e. The van der Waals surface area contributed by atoms with Gasteiger partial charge >= 0.3 is 6.03 Å². The second-order valence-corrected chi connectivity index (χ2v) is 9.18. The SMILES string of the molecule is O=C(Nc1ccc(Br)cc1)N1CCN(C(=O)C23CCC(=O)N2CCS3)CC1. The highest BCUT2D eigenvalue weighted by atomic mass is 79.9. The lowest BCUT2D eigenvalue weighted by molar-refractivity contribution is -0.143. The van der Waals surface area contributed by atoms with Crippen molar-refractivity contribution in [3.05, 3.63) is 28.7 Å². The Balaban J connectivity index is 1.35. The average molecular weight is 453 g/mol. The van der Waals surface area contributed by atoms with E-state index in [2.05, 4.69) is 21.2 Å². The Kier molecular flexibility index (Phi) is 5.07. The summed E-state index contributed by atoms with van der Waals surface area (Å²) in [6.45, 7) is 2.63. The number of thioether (sulfide) groups is 1. The van der Waals surface area contributed by atoms with E-state index >= 15 is 0 Å². The number of fused-ring (bicyclic) bond motifs is 1. The molecule has 27 heavy (non-hydrogen) atoms. The van der Waals surface area contributed by atoms with E-state index in [9.17, 15) is 14.4 Å². The van der Waals surface area contributed by atoms with Gasteiger partial charge in [0.15, 0.2) is 4.87 Å². The molecule has 1 aromatic carbocycles. The Morgan fingerprint density at radius 3 is 2.41 bits per heavy atom. The number of halogens is 1. The highest BCUT2D eigenvalue weighted by Gasteiger charge is 2.56. The van der Waals surface area contributed by atoms with Crippen LogP contribution in [-0.4, -0.2) is 75.9 Å². The molecule has 0 bridgehead atoms. The molecule has 3 fully saturated rings. The third-order valence-corrected chi connectivity index (χ3v) is 7.35. The van der Waals surface area contributed by atoms with E-state index in [1.807, 2.05) is 29.2 Å². The summed E-state index contributed by atoms with van der Waals surface area (Å²) in [7, 11) is 0. The molecule has 4 rings (SSSR count). The molecule has 4 amide bonds. The molecular formula is C18H21BrN4O3S. The molecular weight excluding hydrogens is 432 g/mol. The highest BCUT2D eigenvalue weighted by molar-refractivity contribution is 9.10. The van der Waals surface area contributed by atoms with Crippen molar-refractivity contribution in [3.8, 4) is 0 Å². The molecule has 1 aromatic rings. The fourth-order valence-corrected chi connectivity index (χ4v) is 5.61. The summed E-state index contributed by atoms with van der Waals surface area (Å²) in [5, 5.41) is 2.89. The second kappa shape index (κ2) is 7.35. The molecule has 0 aliphatic carbocycles. The van der Waals surface area contributed by atoms with Gasteiger partial charge in [-0.1, -0.05) is 15.9 Å². The van der Waals surface area contributed by atoms with Crippen LogP contribution in [0.15, 0.2) is 28.7 Å². The van der Waals surface area contributed by atoms with Gasteiger partial charge in [-0.3, -0.25) is 9.59 Å². The normalized spacial score (nSPS) is 24.9. The van der Waals surface area contributed by atoms with Gasteiger partial charge < -0.3 is 20.0 Å². The van der Waals surface area contributed by atoms with Crippen LogP contribution in [0.25, 0.3) is 0 Å². The van der Waals surface area contributed by atoms with Gasteiger partial charge in [0.05, 0.1) is 0 Å². The van der Waals surface area contributed by atoms with Crippen LogP contribution in [0.5, 0.6) is 0 Å². The molecule has 144 valence electrons. The summed E-state index contributed by atoms with van der Waals surface area (Å²) in [5.41, 5.74) is 0.739. The number of carbonyl (C=O) groups is 3. The first-order valence-electron chi connectivity index (χ1n) is 9.05. The Morgan fingerprint density at radius 1 is 1.04 bits per heavy atom. The van der Waals surface area contributed by atoms with Crippen molar-refractivity contribution in [1.82, 2.24) is 14.7 Å². The van der Waals surface area contributed by atoms with E-state index < -0.39 is 4.87 Å². The fraction of sp³-hybridized carbons (Fsp3) is 0.500. The van der Waals surface area contributed by atoms with Crippen molar-refractivity contribution >= 4 is 51.2 Å². The van der Waals surface area contributed by atoms with E-state index in [1.165, 1.54) is 0 Å². The zero-order valence-corrected chi connectivity index (χ0v) is 17.2. The molecule has 1 N–H and O–H groups in total. The maximum absolute atomic E-state index is 13.1. The first-order chi connectivity index (χ1) is 13.0. The summed E-state index contributed by atoms with van der Waals surface area (Å²) in [6, 6.07) is 7.27. The van der Waals surface area contributed by atoms with Crippen LogP contribution in [0.1, 0.15) is 12.8 Å². The number of amides is 4. The average Bonchev–Trinajstić information content (AvgIpc) is 3.25. The van der Waals surface area contributed by atoms with E-state index in [4.69, 9.17) is 0 Å². The molecule has 3 aliphatic heterocycles. The van der Waals surface area contributed by atoms with E-state index in [0.717, 1.165) is 15.9 Å². The molecule has 0 spiro atoms. The van der Waals surface area contributed by atoms with E-state index in [-0.39, 0.29) is 17.8 Å². The highest BCUT2D eigenvalue weighted by Crippen LogP contribution is 2.46. The summed E-state index contributed by atoms with van der Waals surface area (Å²) in [5.74, 6) is 0.928.